The molecule has 0 bridgehead atoms. The van der Waals surface area contributed by atoms with Crippen molar-refractivity contribution in [2.75, 3.05) is 39.8 Å². The number of thiazole rings is 1. The van der Waals surface area contributed by atoms with Gasteiger partial charge in [0.05, 0.1) is 5.01 Å². The molecule has 1 N–H and O–H groups in total. The molecule has 0 unspecified atom stereocenters. The van der Waals surface area contributed by atoms with Crippen molar-refractivity contribution in [2.45, 2.75) is 19.9 Å². The predicted octanol–water partition coefficient (Wildman–Crippen LogP) is 2.39. The molecular formula is C19H27N5S. The lowest BCUT2D eigenvalue weighted by Gasteiger charge is -2.36. The SMILES string of the molecule is CN=C(NCCc1ncc(C)s1)N1CCN(Cc2ccccc2)CC1. The van der Waals surface area contributed by atoms with Crippen LogP contribution < -0.4 is 5.32 Å². The van der Waals surface area contributed by atoms with Crippen LogP contribution in [0.3, 0.4) is 0 Å². The lowest BCUT2D eigenvalue weighted by atomic mass is 10.2. The van der Waals surface area contributed by atoms with Gasteiger partial charge in [-0.05, 0) is 12.5 Å². The van der Waals surface area contributed by atoms with Crippen LogP contribution in [0.5, 0.6) is 0 Å². The van der Waals surface area contributed by atoms with Crippen molar-refractivity contribution in [3.63, 3.8) is 0 Å². The Balaban J connectivity index is 1.42. The predicted molar refractivity (Wildman–Crippen MR) is 105 cm³/mol. The summed E-state index contributed by atoms with van der Waals surface area (Å²) in [5, 5.41) is 4.67. The molecule has 2 aromatic rings. The molecular weight excluding hydrogens is 330 g/mol. The third-order valence-corrected chi connectivity index (χ3v) is 5.40. The summed E-state index contributed by atoms with van der Waals surface area (Å²) in [4.78, 5) is 15.0. The minimum Gasteiger partial charge on any atom is -0.356 e. The average Bonchev–Trinajstić information content (AvgIpc) is 3.06. The van der Waals surface area contributed by atoms with Gasteiger partial charge in [0, 0.05) is 63.8 Å². The van der Waals surface area contributed by atoms with Crippen LogP contribution in [0.1, 0.15) is 15.4 Å². The van der Waals surface area contributed by atoms with E-state index in [9.17, 15) is 0 Å². The fourth-order valence-corrected chi connectivity index (χ4v) is 3.88. The number of hydrogen-bond donors (Lipinski definition) is 1. The van der Waals surface area contributed by atoms with Crippen LogP contribution in [-0.2, 0) is 13.0 Å². The molecule has 0 aliphatic carbocycles. The summed E-state index contributed by atoms with van der Waals surface area (Å²) >= 11 is 1.77. The van der Waals surface area contributed by atoms with Gasteiger partial charge >= 0.3 is 0 Å². The molecule has 1 aromatic heterocycles. The standard InChI is InChI=1S/C19H27N5S/c1-16-14-22-18(25-16)8-9-21-19(20-2)24-12-10-23(11-13-24)15-17-6-4-3-5-7-17/h3-7,14H,8-13,15H2,1-2H3,(H,20,21). The Morgan fingerprint density at radius 2 is 1.96 bits per heavy atom. The molecule has 3 rings (SSSR count). The molecule has 1 aliphatic rings. The molecule has 0 radical (unpaired) electrons. The number of aromatic nitrogens is 1. The normalized spacial score (nSPS) is 16.2. The van der Waals surface area contributed by atoms with E-state index in [0.29, 0.717) is 0 Å². The fourth-order valence-electron chi connectivity index (χ4n) is 3.09. The Morgan fingerprint density at radius 3 is 2.60 bits per heavy atom. The number of piperazine rings is 1. The first-order chi connectivity index (χ1) is 12.2. The second kappa shape index (κ2) is 8.97. The zero-order chi connectivity index (χ0) is 17.5. The highest BCUT2D eigenvalue weighted by Gasteiger charge is 2.19. The van der Waals surface area contributed by atoms with Crippen molar-refractivity contribution in [3.05, 3.63) is 52.0 Å². The second-order valence-corrected chi connectivity index (χ2v) is 7.66. The Hall–Kier alpha value is -1.92. The van der Waals surface area contributed by atoms with E-state index >= 15 is 0 Å². The third kappa shape index (κ3) is 5.28. The first-order valence-electron chi connectivity index (χ1n) is 8.88. The summed E-state index contributed by atoms with van der Waals surface area (Å²) in [6.45, 7) is 8.19. The molecule has 1 aliphatic heterocycles. The Kier molecular flexibility index (Phi) is 6.42. The number of aliphatic imine (C=N–C) groups is 1. The topological polar surface area (TPSA) is 43.8 Å². The molecule has 0 amide bonds. The van der Waals surface area contributed by atoms with E-state index in [-0.39, 0.29) is 0 Å². The molecule has 134 valence electrons. The highest BCUT2D eigenvalue weighted by molar-refractivity contribution is 7.11. The lowest BCUT2D eigenvalue weighted by molar-refractivity contribution is 0.172. The molecule has 0 saturated carbocycles. The summed E-state index contributed by atoms with van der Waals surface area (Å²) in [6.07, 6.45) is 2.90. The Morgan fingerprint density at radius 1 is 1.20 bits per heavy atom. The molecule has 6 heteroatoms. The van der Waals surface area contributed by atoms with Gasteiger partial charge in [-0.3, -0.25) is 9.89 Å². The monoisotopic (exact) mass is 357 g/mol. The Bertz CT molecular complexity index is 674. The molecule has 1 fully saturated rings. The van der Waals surface area contributed by atoms with E-state index in [0.717, 1.165) is 51.6 Å². The summed E-state index contributed by atoms with van der Waals surface area (Å²) in [6, 6.07) is 10.7. The van der Waals surface area contributed by atoms with Gasteiger partial charge in [0.25, 0.3) is 0 Å². The van der Waals surface area contributed by atoms with Gasteiger partial charge in [-0.1, -0.05) is 30.3 Å². The molecule has 1 aromatic carbocycles. The molecule has 1 saturated heterocycles. The smallest absolute Gasteiger partial charge is 0.193 e. The fraction of sp³-hybridized carbons (Fsp3) is 0.474. The summed E-state index contributed by atoms with van der Waals surface area (Å²) in [5.41, 5.74) is 1.39. The molecule has 2 heterocycles. The summed E-state index contributed by atoms with van der Waals surface area (Å²) in [5.74, 6) is 1.01. The van der Waals surface area contributed by atoms with Gasteiger partial charge in [0.2, 0.25) is 0 Å². The minimum absolute atomic E-state index is 0.879. The molecule has 0 atom stereocenters. The van der Waals surface area contributed by atoms with E-state index < -0.39 is 0 Å². The number of nitrogens with one attached hydrogen (secondary N) is 1. The third-order valence-electron chi connectivity index (χ3n) is 4.42. The molecule has 25 heavy (non-hydrogen) atoms. The van der Waals surface area contributed by atoms with Gasteiger partial charge in [-0.15, -0.1) is 11.3 Å². The van der Waals surface area contributed by atoms with Crippen LogP contribution in [0.25, 0.3) is 0 Å². The maximum absolute atomic E-state index is 4.45. The van der Waals surface area contributed by atoms with Gasteiger partial charge in [-0.25, -0.2) is 4.98 Å². The maximum atomic E-state index is 4.45. The second-order valence-electron chi connectivity index (χ2n) is 6.34. The van der Waals surface area contributed by atoms with E-state index in [4.69, 9.17) is 0 Å². The van der Waals surface area contributed by atoms with Gasteiger partial charge in [0.1, 0.15) is 0 Å². The quantitative estimate of drug-likeness (QED) is 0.659. The van der Waals surface area contributed by atoms with Gasteiger partial charge < -0.3 is 10.2 Å². The first kappa shape index (κ1) is 17.9. The van der Waals surface area contributed by atoms with E-state index in [1.165, 1.54) is 15.4 Å². The number of guanidine groups is 1. The van der Waals surface area contributed by atoms with Crippen molar-refractivity contribution in [2.24, 2.45) is 4.99 Å². The number of hydrogen-bond acceptors (Lipinski definition) is 4. The summed E-state index contributed by atoms with van der Waals surface area (Å²) < 4.78 is 0. The van der Waals surface area contributed by atoms with Crippen LogP contribution in [0, 0.1) is 6.92 Å². The number of rotatable bonds is 5. The molecule has 0 spiro atoms. The highest BCUT2D eigenvalue weighted by atomic mass is 32.1. The number of nitrogens with zero attached hydrogens (tertiary/aromatic N) is 4. The van der Waals surface area contributed by atoms with Gasteiger partial charge in [0.15, 0.2) is 5.96 Å². The minimum atomic E-state index is 0.879. The Labute approximate surface area is 154 Å². The van der Waals surface area contributed by atoms with Crippen LogP contribution in [0.15, 0.2) is 41.5 Å². The van der Waals surface area contributed by atoms with Crippen molar-refractivity contribution in [3.8, 4) is 0 Å². The van der Waals surface area contributed by atoms with Crippen LogP contribution in [0.2, 0.25) is 0 Å². The van der Waals surface area contributed by atoms with Crippen molar-refractivity contribution in [1.82, 2.24) is 20.1 Å². The van der Waals surface area contributed by atoms with Gasteiger partial charge in [-0.2, -0.15) is 0 Å². The largest absolute Gasteiger partial charge is 0.356 e. The van der Waals surface area contributed by atoms with E-state index in [1.807, 2.05) is 13.2 Å². The first-order valence-corrected chi connectivity index (χ1v) is 9.69. The highest BCUT2D eigenvalue weighted by Crippen LogP contribution is 2.11. The van der Waals surface area contributed by atoms with Crippen LogP contribution in [0.4, 0.5) is 0 Å². The van der Waals surface area contributed by atoms with E-state index in [2.05, 4.69) is 62.3 Å². The van der Waals surface area contributed by atoms with Crippen molar-refractivity contribution in [1.29, 1.82) is 0 Å². The average molecular weight is 358 g/mol. The number of aryl methyl sites for hydroxylation is 1. The van der Waals surface area contributed by atoms with E-state index in [1.54, 1.807) is 11.3 Å². The molecule has 5 nitrogen and oxygen atoms in total. The summed E-state index contributed by atoms with van der Waals surface area (Å²) in [7, 11) is 1.87. The lowest BCUT2D eigenvalue weighted by Crippen LogP contribution is -2.52. The van der Waals surface area contributed by atoms with Crippen molar-refractivity contribution >= 4 is 17.3 Å². The zero-order valence-corrected chi connectivity index (χ0v) is 15.9. The van der Waals surface area contributed by atoms with Crippen LogP contribution >= 0.6 is 11.3 Å². The number of benzene rings is 1. The zero-order valence-electron chi connectivity index (χ0n) is 15.1. The van der Waals surface area contributed by atoms with Crippen molar-refractivity contribution < 1.29 is 0 Å². The maximum Gasteiger partial charge on any atom is 0.193 e. The van der Waals surface area contributed by atoms with Crippen LogP contribution in [-0.4, -0.2) is 60.5 Å².